The second-order valence-electron chi connectivity index (χ2n) is 5.15. The van der Waals surface area contributed by atoms with Crippen LogP contribution < -0.4 is 10.5 Å². The largest absolute Gasteiger partial charge is 0.510 e. The Morgan fingerprint density at radius 1 is 1.15 bits per heavy atom. The van der Waals surface area contributed by atoms with Crippen molar-refractivity contribution < 1.29 is 23.4 Å². The minimum atomic E-state index is -3.98. The molecule has 2 aromatic rings. The van der Waals surface area contributed by atoms with Crippen molar-refractivity contribution in [3.05, 3.63) is 60.0 Å². The van der Waals surface area contributed by atoms with Crippen molar-refractivity contribution in [2.75, 3.05) is 5.32 Å². The van der Waals surface area contributed by atoms with E-state index in [4.69, 9.17) is 5.14 Å². The third kappa shape index (κ3) is 4.88. The summed E-state index contributed by atoms with van der Waals surface area (Å²) >= 11 is 0. The van der Waals surface area contributed by atoms with Gasteiger partial charge in [-0.1, -0.05) is 18.2 Å². The number of azo groups is 1. The molecule has 0 unspecified atom stereocenters. The smallest absolute Gasteiger partial charge is 0.279 e. The molecule has 10 heteroatoms. The van der Waals surface area contributed by atoms with Gasteiger partial charge in [-0.05, 0) is 31.2 Å². The van der Waals surface area contributed by atoms with Crippen molar-refractivity contribution in [3.63, 3.8) is 0 Å². The highest BCUT2D eigenvalue weighted by molar-refractivity contribution is 7.89. The number of nitrogens with one attached hydrogen (secondary N) is 1. The van der Waals surface area contributed by atoms with E-state index in [2.05, 4.69) is 15.5 Å². The van der Waals surface area contributed by atoms with E-state index in [-0.39, 0.29) is 22.0 Å². The number of nitrogens with two attached hydrogens (primary N) is 1. The number of carbonyl (C=O) groups is 1. The summed E-state index contributed by atoms with van der Waals surface area (Å²) in [5, 5.41) is 34.3. The van der Waals surface area contributed by atoms with Gasteiger partial charge in [0.05, 0.1) is 4.90 Å². The average molecular weight is 376 g/mol. The summed E-state index contributed by atoms with van der Waals surface area (Å²) < 4.78 is 22.5. The molecule has 0 aliphatic heterocycles. The summed E-state index contributed by atoms with van der Waals surface area (Å²) in [5.74, 6) is -1.60. The van der Waals surface area contributed by atoms with E-state index in [1.807, 2.05) is 0 Å². The molecule has 5 N–H and O–H groups in total. The summed E-state index contributed by atoms with van der Waals surface area (Å²) in [4.78, 5) is 11.9. The molecule has 0 bridgehead atoms. The maximum Gasteiger partial charge on any atom is 0.279 e. The van der Waals surface area contributed by atoms with Crippen LogP contribution >= 0.6 is 0 Å². The number of amides is 1. The predicted octanol–water partition coefficient (Wildman–Crippen LogP) is 2.55. The van der Waals surface area contributed by atoms with Gasteiger partial charge >= 0.3 is 0 Å². The van der Waals surface area contributed by atoms with Crippen LogP contribution in [0, 0.1) is 0 Å². The van der Waals surface area contributed by atoms with Gasteiger partial charge in [-0.3, -0.25) is 4.79 Å². The number of anilines is 1. The Morgan fingerprint density at radius 3 is 2.35 bits per heavy atom. The Kier molecular flexibility index (Phi) is 5.70. The summed E-state index contributed by atoms with van der Waals surface area (Å²) in [6.45, 7) is 1.25. The first-order valence-corrected chi connectivity index (χ1v) is 8.77. The van der Waals surface area contributed by atoms with Crippen LogP contribution in [0.2, 0.25) is 0 Å². The van der Waals surface area contributed by atoms with Crippen molar-refractivity contribution in [2.24, 2.45) is 15.4 Å². The van der Waals surface area contributed by atoms with Gasteiger partial charge in [0.1, 0.15) is 17.2 Å². The zero-order valence-corrected chi connectivity index (χ0v) is 14.4. The molecule has 0 heterocycles. The number of phenolic OH excluding ortho intramolecular Hbond substituents is 1. The van der Waals surface area contributed by atoms with Gasteiger partial charge in [-0.15, -0.1) is 10.2 Å². The molecule has 26 heavy (non-hydrogen) atoms. The topological polar surface area (TPSA) is 154 Å². The Balaban J connectivity index is 2.25. The van der Waals surface area contributed by atoms with Crippen molar-refractivity contribution in [1.82, 2.24) is 0 Å². The Labute approximate surface area is 149 Å². The van der Waals surface area contributed by atoms with Crippen LogP contribution in [0.15, 0.2) is 75.1 Å². The monoisotopic (exact) mass is 376 g/mol. The van der Waals surface area contributed by atoms with Crippen LogP contribution in [0.4, 0.5) is 11.4 Å². The summed E-state index contributed by atoms with van der Waals surface area (Å²) in [6.07, 6.45) is 0. The van der Waals surface area contributed by atoms with Gasteiger partial charge in [0.15, 0.2) is 5.70 Å². The lowest BCUT2D eigenvalue weighted by Gasteiger charge is -2.06. The van der Waals surface area contributed by atoms with Gasteiger partial charge in [0, 0.05) is 11.8 Å². The molecule has 0 saturated heterocycles. The van der Waals surface area contributed by atoms with Crippen LogP contribution in [0.1, 0.15) is 6.92 Å². The molecule has 2 aromatic carbocycles. The first-order chi connectivity index (χ1) is 12.2. The maximum absolute atomic E-state index is 12.2. The normalized spacial score (nSPS) is 12.7. The lowest BCUT2D eigenvalue weighted by atomic mass is 10.3. The number of rotatable bonds is 5. The lowest BCUT2D eigenvalue weighted by molar-refractivity contribution is -0.113. The first kappa shape index (κ1) is 19.1. The molecule has 2 rings (SSSR count). The molecule has 9 nitrogen and oxygen atoms in total. The summed E-state index contributed by atoms with van der Waals surface area (Å²) in [7, 11) is -3.98. The quantitative estimate of drug-likeness (QED) is 0.358. The van der Waals surface area contributed by atoms with E-state index in [1.54, 1.807) is 30.3 Å². The molecule has 136 valence electrons. The molecule has 0 spiro atoms. The fourth-order valence-electron chi connectivity index (χ4n) is 1.86. The number of carbonyl (C=O) groups excluding carboxylic acids is 1. The minimum absolute atomic E-state index is 0.108. The van der Waals surface area contributed by atoms with Crippen LogP contribution in [0.5, 0.6) is 5.75 Å². The predicted molar refractivity (Wildman–Crippen MR) is 94.4 cm³/mol. The number of benzene rings is 2. The van der Waals surface area contributed by atoms with Crippen LogP contribution in [0.3, 0.4) is 0 Å². The van der Waals surface area contributed by atoms with Gasteiger partial charge in [0.25, 0.3) is 5.91 Å². The number of nitrogens with zero attached hydrogens (tertiary/aromatic N) is 2. The van der Waals surface area contributed by atoms with Crippen molar-refractivity contribution >= 4 is 27.3 Å². The van der Waals surface area contributed by atoms with Crippen molar-refractivity contribution in [2.45, 2.75) is 11.8 Å². The highest BCUT2D eigenvalue weighted by atomic mass is 32.2. The molecule has 1 amide bonds. The fourth-order valence-corrected chi connectivity index (χ4v) is 2.40. The van der Waals surface area contributed by atoms with Gasteiger partial charge in [0.2, 0.25) is 10.0 Å². The SMILES string of the molecule is C/C(O)=C(\N=Nc1ccc(S(N)(=O)=O)cc1O)C(=O)Nc1ccccc1. The van der Waals surface area contributed by atoms with Crippen LogP contribution in [-0.2, 0) is 14.8 Å². The summed E-state index contributed by atoms with van der Waals surface area (Å²) in [6, 6.07) is 11.7. The van der Waals surface area contributed by atoms with Crippen molar-refractivity contribution in [1.29, 1.82) is 0 Å². The first-order valence-electron chi connectivity index (χ1n) is 7.22. The van der Waals surface area contributed by atoms with Gasteiger partial charge < -0.3 is 15.5 Å². The number of allylic oxidation sites excluding steroid dienone is 1. The van der Waals surface area contributed by atoms with Crippen molar-refractivity contribution in [3.8, 4) is 5.75 Å². The van der Waals surface area contributed by atoms with Crippen LogP contribution in [-0.4, -0.2) is 24.5 Å². The van der Waals surface area contributed by atoms with E-state index in [9.17, 15) is 23.4 Å². The minimum Gasteiger partial charge on any atom is -0.510 e. The zero-order valence-electron chi connectivity index (χ0n) is 13.6. The molecule has 0 aliphatic rings. The van der Waals surface area contributed by atoms with E-state index in [0.717, 1.165) is 18.2 Å². The van der Waals surface area contributed by atoms with Gasteiger partial charge in [-0.25, -0.2) is 13.6 Å². The van der Waals surface area contributed by atoms with Gasteiger partial charge in [-0.2, -0.15) is 0 Å². The second-order valence-corrected chi connectivity index (χ2v) is 6.71. The Hall–Kier alpha value is -3.24. The number of aliphatic hydroxyl groups excluding tert-OH is 1. The number of phenols is 1. The Morgan fingerprint density at radius 2 is 1.81 bits per heavy atom. The third-order valence-corrected chi connectivity index (χ3v) is 4.03. The number of hydrogen-bond acceptors (Lipinski definition) is 7. The number of primary sulfonamides is 1. The molecular formula is C16H16N4O5S. The highest BCUT2D eigenvalue weighted by Gasteiger charge is 2.15. The number of aliphatic hydroxyl groups is 1. The third-order valence-electron chi connectivity index (χ3n) is 3.12. The highest BCUT2D eigenvalue weighted by Crippen LogP contribution is 2.29. The zero-order chi connectivity index (χ0) is 19.3. The summed E-state index contributed by atoms with van der Waals surface area (Å²) in [5.41, 5.74) is 0.0132. The van der Waals surface area contributed by atoms with E-state index >= 15 is 0 Å². The second kappa shape index (κ2) is 7.76. The lowest BCUT2D eigenvalue weighted by Crippen LogP contribution is -2.14. The number of hydrogen-bond donors (Lipinski definition) is 4. The molecule has 0 fully saturated rings. The average Bonchev–Trinajstić information content (AvgIpc) is 2.56. The molecule has 0 atom stereocenters. The fraction of sp³-hybridized carbons (Fsp3) is 0.0625. The number of aromatic hydroxyl groups is 1. The molecule has 0 aromatic heterocycles. The van der Waals surface area contributed by atoms with E-state index in [0.29, 0.717) is 5.69 Å². The Bertz CT molecular complexity index is 981. The van der Waals surface area contributed by atoms with E-state index < -0.39 is 21.7 Å². The molecule has 0 saturated carbocycles. The number of sulfonamides is 1. The molecular weight excluding hydrogens is 360 g/mol. The van der Waals surface area contributed by atoms with E-state index in [1.165, 1.54) is 6.92 Å². The van der Waals surface area contributed by atoms with Crippen LogP contribution in [0.25, 0.3) is 0 Å². The maximum atomic E-state index is 12.2. The molecule has 0 radical (unpaired) electrons. The standard InChI is InChI=1S/C16H16N4O5S/c1-10(21)15(16(23)18-11-5-3-2-4-6-11)20-19-13-8-7-12(9-14(13)22)26(17,24)25/h2-9,21-22H,1H3,(H,18,23)(H2,17,24,25)/b15-10+,20-19?. The number of para-hydroxylation sites is 1. The molecule has 0 aliphatic carbocycles.